The van der Waals surface area contributed by atoms with Gasteiger partial charge in [-0.1, -0.05) is 30.3 Å². The molecule has 25 heavy (non-hydrogen) atoms. The molecule has 0 fully saturated rings. The molecule has 1 aromatic carbocycles. The summed E-state index contributed by atoms with van der Waals surface area (Å²) in [5, 5.41) is 6.61. The number of pyridine rings is 1. The van der Waals surface area contributed by atoms with Gasteiger partial charge in [0.2, 0.25) is 0 Å². The van der Waals surface area contributed by atoms with Gasteiger partial charge in [0, 0.05) is 18.7 Å². The van der Waals surface area contributed by atoms with Gasteiger partial charge < -0.3 is 9.30 Å². The molecule has 0 atom stereocenters. The van der Waals surface area contributed by atoms with Crippen molar-refractivity contribution in [1.29, 1.82) is 0 Å². The van der Waals surface area contributed by atoms with E-state index in [-0.39, 0.29) is 18.0 Å². The van der Waals surface area contributed by atoms with Crippen LogP contribution in [0.5, 0.6) is 0 Å². The number of rotatable bonds is 6. The Morgan fingerprint density at radius 2 is 1.92 bits per heavy atom. The van der Waals surface area contributed by atoms with Crippen molar-refractivity contribution in [2.75, 3.05) is 6.61 Å². The van der Waals surface area contributed by atoms with Crippen LogP contribution in [-0.2, 0) is 17.7 Å². The van der Waals surface area contributed by atoms with Crippen molar-refractivity contribution >= 4 is 5.97 Å². The average molecular weight is 338 g/mol. The molecular weight excluding hydrogens is 320 g/mol. The zero-order valence-electron chi connectivity index (χ0n) is 13.8. The van der Waals surface area contributed by atoms with E-state index in [4.69, 9.17) is 4.74 Å². The van der Waals surface area contributed by atoms with E-state index in [1.165, 1.54) is 0 Å². The number of carbonyl (C=O) groups excluding carboxylic acids is 1. The summed E-state index contributed by atoms with van der Waals surface area (Å²) >= 11 is 0. The molecule has 7 heteroatoms. The number of esters is 1. The number of hydrogen-bond donors (Lipinski definition) is 1. The molecule has 0 unspecified atom stereocenters. The quantitative estimate of drug-likeness (QED) is 0.692. The fraction of sp³-hybridized carbons (Fsp3) is 0.222. The molecule has 3 rings (SSSR count). The maximum atomic E-state index is 11.7. The summed E-state index contributed by atoms with van der Waals surface area (Å²) in [4.78, 5) is 27.4. The number of hydrogen-bond acceptors (Lipinski definition) is 5. The van der Waals surface area contributed by atoms with Crippen LogP contribution in [0.25, 0.3) is 0 Å². The molecule has 1 N–H and O–H groups in total. The molecule has 0 aliphatic rings. The fourth-order valence-corrected chi connectivity index (χ4v) is 2.41. The zero-order valence-corrected chi connectivity index (χ0v) is 13.8. The number of benzene rings is 1. The Balaban J connectivity index is 1.66. The van der Waals surface area contributed by atoms with E-state index in [0.717, 1.165) is 11.1 Å². The van der Waals surface area contributed by atoms with E-state index in [9.17, 15) is 9.59 Å². The molecule has 0 radical (unpaired) electrons. The van der Waals surface area contributed by atoms with E-state index >= 15 is 0 Å². The summed E-state index contributed by atoms with van der Waals surface area (Å²) in [6.45, 7) is 2.54. The van der Waals surface area contributed by atoms with Gasteiger partial charge in [-0.2, -0.15) is 0 Å². The first-order chi connectivity index (χ1) is 12.2. The lowest BCUT2D eigenvalue weighted by atomic mass is 10.1. The number of H-pyrrole nitrogens is 1. The predicted molar refractivity (Wildman–Crippen MR) is 91.4 cm³/mol. The van der Waals surface area contributed by atoms with Crippen LogP contribution in [0.15, 0.2) is 53.5 Å². The molecule has 7 nitrogen and oxygen atoms in total. The third kappa shape index (κ3) is 4.20. The minimum atomic E-state index is -0.534. The number of nitrogens with one attached hydrogen (secondary N) is 1. The first kappa shape index (κ1) is 16.6. The molecule has 3 aromatic rings. The second kappa shape index (κ2) is 7.57. The minimum Gasteiger partial charge on any atom is -0.460 e. The van der Waals surface area contributed by atoms with Crippen molar-refractivity contribution in [1.82, 2.24) is 19.7 Å². The van der Waals surface area contributed by atoms with Gasteiger partial charge in [-0.15, -0.1) is 5.10 Å². The van der Waals surface area contributed by atoms with Gasteiger partial charge in [-0.05, 0) is 24.1 Å². The highest BCUT2D eigenvalue weighted by Gasteiger charge is 2.13. The number of nitrogens with zero attached hydrogens (tertiary/aromatic N) is 3. The van der Waals surface area contributed by atoms with E-state index in [2.05, 4.69) is 15.2 Å². The SMILES string of the molecule is CCOC(=O)c1n[nH]c(Cc2ccc(Cn3ccccc3=O)cc2)n1. The van der Waals surface area contributed by atoms with Gasteiger partial charge >= 0.3 is 5.97 Å². The van der Waals surface area contributed by atoms with Gasteiger partial charge in [0.15, 0.2) is 0 Å². The Morgan fingerprint density at radius 3 is 2.64 bits per heavy atom. The van der Waals surface area contributed by atoms with Crippen molar-refractivity contribution in [2.45, 2.75) is 19.9 Å². The maximum absolute atomic E-state index is 11.7. The van der Waals surface area contributed by atoms with Gasteiger partial charge in [0.05, 0.1) is 13.2 Å². The lowest BCUT2D eigenvalue weighted by molar-refractivity contribution is 0.0512. The summed E-state index contributed by atoms with van der Waals surface area (Å²) < 4.78 is 6.51. The Bertz CT molecular complexity index is 912. The molecule has 0 spiro atoms. The number of carbonyl (C=O) groups is 1. The monoisotopic (exact) mass is 338 g/mol. The van der Waals surface area contributed by atoms with Crippen LogP contribution in [0, 0.1) is 0 Å². The molecule has 0 saturated carbocycles. The van der Waals surface area contributed by atoms with Crippen molar-refractivity contribution in [2.24, 2.45) is 0 Å². The average Bonchev–Trinajstić information content (AvgIpc) is 3.07. The van der Waals surface area contributed by atoms with Crippen molar-refractivity contribution < 1.29 is 9.53 Å². The Kier molecular flexibility index (Phi) is 5.03. The smallest absolute Gasteiger partial charge is 0.378 e. The van der Waals surface area contributed by atoms with Crippen LogP contribution in [-0.4, -0.2) is 32.3 Å². The van der Waals surface area contributed by atoms with Crippen LogP contribution in [0.2, 0.25) is 0 Å². The summed E-state index contributed by atoms with van der Waals surface area (Å²) in [7, 11) is 0. The minimum absolute atomic E-state index is 0.0280. The number of aromatic amines is 1. The third-order valence-corrected chi connectivity index (χ3v) is 3.64. The van der Waals surface area contributed by atoms with Gasteiger partial charge in [0.1, 0.15) is 5.82 Å². The Morgan fingerprint density at radius 1 is 1.16 bits per heavy atom. The maximum Gasteiger partial charge on any atom is 0.378 e. The van der Waals surface area contributed by atoms with Crippen LogP contribution in [0.1, 0.15) is 34.5 Å². The molecule has 2 heterocycles. The predicted octanol–water partition coefficient (Wildman–Crippen LogP) is 1.78. The van der Waals surface area contributed by atoms with E-state index in [1.54, 1.807) is 29.8 Å². The van der Waals surface area contributed by atoms with Gasteiger partial charge in [-0.25, -0.2) is 9.78 Å². The largest absolute Gasteiger partial charge is 0.460 e. The highest BCUT2D eigenvalue weighted by molar-refractivity contribution is 5.84. The van der Waals surface area contributed by atoms with Crippen LogP contribution >= 0.6 is 0 Å². The fourth-order valence-electron chi connectivity index (χ4n) is 2.41. The Labute approximate surface area is 144 Å². The molecular formula is C18H18N4O3. The highest BCUT2D eigenvalue weighted by Crippen LogP contribution is 2.09. The standard InChI is InChI=1S/C18H18N4O3/c1-2-25-18(24)17-19-15(20-21-17)11-13-6-8-14(9-7-13)12-22-10-4-3-5-16(22)23/h3-10H,2,11-12H2,1H3,(H,19,20,21). The highest BCUT2D eigenvalue weighted by atomic mass is 16.5. The summed E-state index contributed by atoms with van der Waals surface area (Å²) in [5.41, 5.74) is 2.03. The lowest BCUT2D eigenvalue weighted by Crippen LogP contribution is -2.18. The molecule has 2 aromatic heterocycles. The normalized spacial score (nSPS) is 10.6. The molecule has 0 saturated heterocycles. The number of ether oxygens (including phenoxy) is 1. The van der Waals surface area contributed by atoms with E-state index in [0.29, 0.717) is 18.8 Å². The first-order valence-corrected chi connectivity index (χ1v) is 7.97. The first-order valence-electron chi connectivity index (χ1n) is 7.97. The third-order valence-electron chi connectivity index (χ3n) is 3.64. The molecule has 128 valence electrons. The topological polar surface area (TPSA) is 89.9 Å². The second-order valence-corrected chi connectivity index (χ2v) is 5.49. The molecule has 0 amide bonds. The van der Waals surface area contributed by atoms with Gasteiger partial charge in [0.25, 0.3) is 11.4 Å². The van der Waals surface area contributed by atoms with Gasteiger partial charge in [-0.3, -0.25) is 9.89 Å². The Hall–Kier alpha value is -3.22. The second-order valence-electron chi connectivity index (χ2n) is 5.49. The van der Waals surface area contributed by atoms with Crippen LogP contribution in [0.3, 0.4) is 0 Å². The number of aromatic nitrogens is 4. The van der Waals surface area contributed by atoms with Crippen LogP contribution < -0.4 is 5.56 Å². The van der Waals surface area contributed by atoms with E-state index < -0.39 is 5.97 Å². The lowest BCUT2D eigenvalue weighted by Gasteiger charge is -2.06. The van der Waals surface area contributed by atoms with Crippen LogP contribution in [0.4, 0.5) is 0 Å². The summed E-state index contributed by atoms with van der Waals surface area (Å²) in [5.74, 6) is 0.0978. The van der Waals surface area contributed by atoms with E-state index in [1.807, 2.05) is 30.3 Å². The summed E-state index contributed by atoms with van der Waals surface area (Å²) in [6, 6.07) is 13.0. The molecule has 0 bridgehead atoms. The van der Waals surface area contributed by atoms with Crippen molar-refractivity contribution in [3.63, 3.8) is 0 Å². The summed E-state index contributed by atoms with van der Waals surface area (Å²) in [6.07, 6.45) is 2.29. The van der Waals surface area contributed by atoms with Crippen molar-refractivity contribution in [3.8, 4) is 0 Å². The van der Waals surface area contributed by atoms with Crippen molar-refractivity contribution in [3.05, 3.63) is 81.8 Å². The molecule has 0 aliphatic heterocycles. The molecule has 0 aliphatic carbocycles. The zero-order chi connectivity index (χ0) is 17.6.